The van der Waals surface area contributed by atoms with Crippen LogP contribution in [-0.4, -0.2) is 17.0 Å². The van der Waals surface area contributed by atoms with E-state index in [4.69, 9.17) is 16.1 Å². The molecule has 134 valence electrons. The van der Waals surface area contributed by atoms with Gasteiger partial charge in [-0.2, -0.15) is 0 Å². The normalized spacial score (nSPS) is 10.5. The lowest BCUT2D eigenvalue weighted by molar-refractivity contribution is -0.116. The molecule has 0 atom stereocenters. The highest BCUT2D eigenvalue weighted by Gasteiger charge is 2.13. The van der Waals surface area contributed by atoms with E-state index in [0.29, 0.717) is 28.4 Å². The van der Waals surface area contributed by atoms with Gasteiger partial charge in [-0.05, 0) is 54.6 Å². The molecule has 0 saturated heterocycles. The second kappa shape index (κ2) is 8.16. The van der Waals surface area contributed by atoms with Gasteiger partial charge in [0.2, 0.25) is 11.1 Å². The van der Waals surface area contributed by atoms with Gasteiger partial charge in [-0.1, -0.05) is 17.3 Å². The zero-order chi connectivity index (χ0) is 18.5. The Morgan fingerprint density at radius 2 is 1.96 bits per heavy atom. The summed E-state index contributed by atoms with van der Waals surface area (Å²) < 4.78 is 4.87. The summed E-state index contributed by atoms with van der Waals surface area (Å²) in [6.45, 7) is 1.78. The highest BCUT2D eigenvalue weighted by molar-refractivity contribution is 7.12. The summed E-state index contributed by atoms with van der Waals surface area (Å²) in [5, 5.41) is 11.4. The van der Waals surface area contributed by atoms with Gasteiger partial charge in [0.15, 0.2) is 0 Å². The van der Waals surface area contributed by atoms with Crippen LogP contribution in [0.5, 0.6) is 0 Å². The molecule has 2 amide bonds. The van der Waals surface area contributed by atoms with E-state index in [1.807, 2.05) is 11.4 Å². The lowest BCUT2D eigenvalue weighted by Crippen LogP contribution is -2.13. The first-order valence-electron chi connectivity index (χ1n) is 7.88. The monoisotopic (exact) mass is 389 g/mol. The van der Waals surface area contributed by atoms with Crippen LogP contribution in [0.3, 0.4) is 0 Å². The zero-order valence-electron chi connectivity index (χ0n) is 13.9. The van der Waals surface area contributed by atoms with Crippen LogP contribution < -0.4 is 10.6 Å². The zero-order valence-corrected chi connectivity index (χ0v) is 15.5. The van der Waals surface area contributed by atoms with Crippen LogP contribution in [0.25, 0.3) is 0 Å². The molecule has 0 fully saturated rings. The number of amides is 2. The third-order valence-corrected chi connectivity index (χ3v) is 4.85. The van der Waals surface area contributed by atoms with Gasteiger partial charge in [0, 0.05) is 23.4 Å². The number of aromatic nitrogens is 1. The summed E-state index contributed by atoms with van der Waals surface area (Å²) in [6, 6.07) is 10.6. The quantitative estimate of drug-likeness (QED) is 0.649. The third-order valence-electron chi connectivity index (χ3n) is 3.69. The molecule has 6 nitrogen and oxygen atoms in total. The molecule has 26 heavy (non-hydrogen) atoms. The van der Waals surface area contributed by atoms with Crippen molar-refractivity contribution in [1.82, 2.24) is 5.16 Å². The van der Waals surface area contributed by atoms with Crippen molar-refractivity contribution in [2.75, 3.05) is 10.6 Å². The fraction of sp³-hybridized carbons (Fsp3) is 0.167. The van der Waals surface area contributed by atoms with Gasteiger partial charge in [-0.25, -0.2) is 0 Å². The predicted molar refractivity (Wildman–Crippen MR) is 102 cm³/mol. The van der Waals surface area contributed by atoms with Crippen LogP contribution in [0.2, 0.25) is 5.22 Å². The Labute approximate surface area is 159 Å². The Morgan fingerprint density at radius 1 is 1.19 bits per heavy atom. The molecule has 0 spiro atoms. The fourth-order valence-corrected chi connectivity index (χ4v) is 3.26. The van der Waals surface area contributed by atoms with Crippen LogP contribution in [0.15, 0.2) is 46.3 Å². The van der Waals surface area contributed by atoms with Crippen molar-refractivity contribution in [3.63, 3.8) is 0 Å². The molecule has 0 aliphatic heterocycles. The Kier molecular flexibility index (Phi) is 5.70. The second-order valence-corrected chi connectivity index (χ2v) is 6.87. The number of aryl methyl sites for hydroxylation is 1. The molecule has 0 unspecified atom stereocenters. The molecular formula is C18H16ClN3O3S. The number of hydrogen-bond donors (Lipinski definition) is 2. The number of anilines is 2. The minimum atomic E-state index is -0.180. The second-order valence-electron chi connectivity index (χ2n) is 5.58. The maximum absolute atomic E-state index is 12.2. The Bertz CT molecular complexity index is 902. The minimum Gasteiger partial charge on any atom is -0.344 e. The van der Waals surface area contributed by atoms with E-state index < -0.39 is 0 Å². The predicted octanol–water partition coefficient (Wildman–Crippen LogP) is 4.52. The SMILES string of the molecule is Cc1noc(Cl)c1CCC(=O)Nc1cccc(NC(=O)c2cccs2)c1. The van der Waals surface area contributed by atoms with Crippen LogP contribution in [-0.2, 0) is 11.2 Å². The number of thiophene rings is 1. The van der Waals surface area contributed by atoms with E-state index in [1.54, 1.807) is 37.3 Å². The lowest BCUT2D eigenvalue weighted by atomic mass is 10.1. The standard InChI is InChI=1S/C18H16ClN3O3S/c1-11-14(17(19)25-22-11)7-8-16(23)20-12-4-2-5-13(10-12)21-18(24)15-6-3-9-26-15/h2-6,9-10H,7-8H2,1H3,(H,20,23)(H,21,24). The first kappa shape index (κ1) is 18.2. The van der Waals surface area contributed by atoms with Crippen LogP contribution in [0, 0.1) is 6.92 Å². The molecule has 0 saturated carbocycles. The topological polar surface area (TPSA) is 84.2 Å². The number of benzene rings is 1. The number of nitrogens with zero attached hydrogens (tertiary/aromatic N) is 1. The van der Waals surface area contributed by atoms with Crippen LogP contribution in [0.4, 0.5) is 11.4 Å². The number of carbonyl (C=O) groups excluding carboxylic acids is 2. The van der Waals surface area contributed by atoms with E-state index in [9.17, 15) is 9.59 Å². The highest BCUT2D eigenvalue weighted by atomic mass is 35.5. The molecule has 3 aromatic rings. The molecule has 8 heteroatoms. The molecule has 3 rings (SSSR count). The van der Waals surface area contributed by atoms with Gasteiger partial charge < -0.3 is 15.2 Å². The molecule has 0 radical (unpaired) electrons. The van der Waals surface area contributed by atoms with Crippen molar-refractivity contribution >= 4 is 46.1 Å². The molecule has 2 heterocycles. The van der Waals surface area contributed by atoms with Crippen molar-refractivity contribution in [2.24, 2.45) is 0 Å². The number of hydrogen-bond acceptors (Lipinski definition) is 5. The van der Waals surface area contributed by atoms with E-state index in [1.165, 1.54) is 11.3 Å². The van der Waals surface area contributed by atoms with E-state index in [0.717, 1.165) is 5.56 Å². The van der Waals surface area contributed by atoms with Gasteiger partial charge in [-0.15, -0.1) is 11.3 Å². The summed E-state index contributed by atoms with van der Waals surface area (Å²) in [5.41, 5.74) is 2.63. The van der Waals surface area contributed by atoms with Crippen LogP contribution in [0.1, 0.15) is 27.3 Å². The molecule has 2 N–H and O–H groups in total. The van der Waals surface area contributed by atoms with Gasteiger partial charge in [0.25, 0.3) is 5.91 Å². The summed E-state index contributed by atoms with van der Waals surface area (Å²) in [4.78, 5) is 24.9. The highest BCUT2D eigenvalue weighted by Crippen LogP contribution is 2.21. The van der Waals surface area contributed by atoms with Gasteiger partial charge in [-0.3, -0.25) is 9.59 Å². The minimum absolute atomic E-state index is 0.164. The van der Waals surface area contributed by atoms with E-state index in [2.05, 4.69) is 15.8 Å². The maximum Gasteiger partial charge on any atom is 0.265 e. The molecule has 0 aliphatic carbocycles. The number of carbonyl (C=O) groups is 2. The average molecular weight is 390 g/mol. The molecule has 1 aromatic carbocycles. The first-order chi connectivity index (χ1) is 12.5. The Morgan fingerprint density at radius 3 is 2.62 bits per heavy atom. The lowest BCUT2D eigenvalue weighted by Gasteiger charge is -2.08. The fourth-order valence-electron chi connectivity index (χ4n) is 2.38. The van der Waals surface area contributed by atoms with Crippen molar-refractivity contribution < 1.29 is 14.1 Å². The van der Waals surface area contributed by atoms with Gasteiger partial charge in [0.05, 0.1) is 10.6 Å². The summed E-state index contributed by atoms with van der Waals surface area (Å²) in [7, 11) is 0. The molecular weight excluding hydrogens is 374 g/mol. The molecule has 0 bridgehead atoms. The van der Waals surface area contributed by atoms with E-state index >= 15 is 0 Å². The van der Waals surface area contributed by atoms with Crippen molar-refractivity contribution in [3.8, 4) is 0 Å². The van der Waals surface area contributed by atoms with Gasteiger partial charge >= 0.3 is 0 Å². The summed E-state index contributed by atoms with van der Waals surface area (Å²) in [5.74, 6) is -0.343. The smallest absolute Gasteiger partial charge is 0.265 e. The maximum atomic E-state index is 12.2. The van der Waals surface area contributed by atoms with Crippen molar-refractivity contribution in [1.29, 1.82) is 0 Å². The Hall–Kier alpha value is -2.64. The summed E-state index contributed by atoms with van der Waals surface area (Å²) >= 11 is 7.27. The Balaban J connectivity index is 1.58. The van der Waals surface area contributed by atoms with Crippen molar-refractivity contribution in [3.05, 3.63) is 63.1 Å². The number of rotatable bonds is 6. The van der Waals surface area contributed by atoms with Crippen molar-refractivity contribution in [2.45, 2.75) is 19.8 Å². The number of nitrogens with one attached hydrogen (secondary N) is 2. The molecule has 2 aromatic heterocycles. The average Bonchev–Trinajstić information content (AvgIpc) is 3.24. The first-order valence-corrected chi connectivity index (χ1v) is 9.14. The van der Waals surface area contributed by atoms with E-state index in [-0.39, 0.29) is 23.5 Å². The summed E-state index contributed by atoms with van der Waals surface area (Å²) in [6.07, 6.45) is 0.683. The molecule has 0 aliphatic rings. The number of halogens is 1. The van der Waals surface area contributed by atoms with Crippen LogP contribution >= 0.6 is 22.9 Å². The third kappa shape index (κ3) is 4.50. The van der Waals surface area contributed by atoms with Gasteiger partial charge in [0.1, 0.15) is 0 Å². The largest absolute Gasteiger partial charge is 0.344 e.